The van der Waals surface area contributed by atoms with E-state index in [1.165, 1.54) is 0 Å². The Morgan fingerprint density at radius 2 is 1.40 bits per heavy atom. The van der Waals surface area contributed by atoms with E-state index in [1.807, 2.05) is 13.8 Å². The summed E-state index contributed by atoms with van der Waals surface area (Å²) >= 11 is 0. The molecule has 35 heavy (non-hydrogen) atoms. The van der Waals surface area contributed by atoms with Gasteiger partial charge in [-0.25, -0.2) is 9.59 Å². The highest BCUT2D eigenvalue weighted by atomic mass is 16.6. The van der Waals surface area contributed by atoms with Crippen molar-refractivity contribution in [1.29, 1.82) is 0 Å². The lowest BCUT2D eigenvalue weighted by Crippen LogP contribution is -2.34. The van der Waals surface area contributed by atoms with Crippen LogP contribution in [0.3, 0.4) is 0 Å². The minimum absolute atomic E-state index is 0.0630. The summed E-state index contributed by atoms with van der Waals surface area (Å²) < 4.78 is 32.7. The monoisotopic (exact) mass is 501 g/mol. The summed E-state index contributed by atoms with van der Waals surface area (Å²) in [6.45, 7) is 19.1. The van der Waals surface area contributed by atoms with Crippen LogP contribution in [0.4, 0.5) is 0 Å². The molecule has 0 spiro atoms. The first-order valence-corrected chi connectivity index (χ1v) is 12.0. The maximum Gasteiger partial charge on any atom is 0.330 e. The Morgan fingerprint density at radius 1 is 0.771 bits per heavy atom. The van der Waals surface area contributed by atoms with E-state index in [0.29, 0.717) is 13.0 Å². The Morgan fingerprint density at radius 3 is 2.00 bits per heavy atom. The molecular formula is C25H43NO9. The van der Waals surface area contributed by atoms with Crippen molar-refractivity contribution in [2.24, 2.45) is 0 Å². The molecule has 0 N–H and O–H groups in total. The largest absolute Gasteiger partial charge is 0.460 e. The Balaban J connectivity index is 4.64. The molecule has 0 radical (unpaired) electrons. The lowest BCUT2D eigenvalue weighted by molar-refractivity contribution is -0.158. The summed E-state index contributed by atoms with van der Waals surface area (Å²) in [6.07, 6.45) is 0.674. The van der Waals surface area contributed by atoms with Crippen LogP contribution in [-0.4, -0.2) is 99.9 Å². The molecule has 0 aliphatic heterocycles. The van der Waals surface area contributed by atoms with Crippen LogP contribution in [-0.2, 0) is 42.8 Å². The fraction of sp³-hybridized carbons (Fsp3) is 0.720. The molecule has 0 aromatic rings. The van der Waals surface area contributed by atoms with Gasteiger partial charge in [-0.3, -0.25) is 4.79 Å². The van der Waals surface area contributed by atoms with Gasteiger partial charge in [0.05, 0.1) is 39.0 Å². The van der Waals surface area contributed by atoms with E-state index in [4.69, 9.17) is 28.4 Å². The smallest absolute Gasteiger partial charge is 0.330 e. The van der Waals surface area contributed by atoms with Crippen molar-refractivity contribution >= 4 is 17.9 Å². The maximum absolute atomic E-state index is 12.1. The molecule has 0 rings (SSSR count). The highest BCUT2D eigenvalue weighted by Crippen LogP contribution is 2.05. The average molecular weight is 502 g/mol. The molecule has 0 fully saturated rings. The van der Waals surface area contributed by atoms with Gasteiger partial charge < -0.3 is 33.3 Å². The zero-order valence-corrected chi connectivity index (χ0v) is 21.9. The Hall–Kier alpha value is -2.27. The van der Waals surface area contributed by atoms with E-state index < -0.39 is 30.3 Å². The van der Waals surface area contributed by atoms with Crippen molar-refractivity contribution in [3.8, 4) is 0 Å². The van der Waals surface area contributed by atoms with Gasteiger partial charge in [0.2, 0.25) is 0 Å². The van der Waals surface area contributed by atoms with E-state index in [9.17, 15) is 14.4 Å². The first-order chi connectivity index (χ1) is 16.6. The van der Waals surface area contributed by atoms with E-state index in [2.05, 4.69) is 18.1 Å². The highest BCUT2D eigenvalue weighted by Gasteiger charge is 2.18. The molecule has 10 nitrogen and oxygen atoms in total. The molecule has 0 heterocycles. The molecule has 202 valence electrons. The third-order valence-electron chi connectivity index (χ3n) is 4.76. The van der Waals surface area contributed by atoms with Crippen LogP contribution in [0.15, 0.2) is 25.3 Å². The zero-order valence-electron chi connectivity index (χ0n) is 21.9. The Kier molecular flexibility index (Phi) is 18.7. The van der Waals surface area contributed by atoms with E-state index >= 15 is 0 Å². The molecule has 0 amide bonds. The highest BCUT2D eigenvalue weighted by molar-refractivity contribution is 5.81. The minimum atomic E-state index is -0.531. The first kappa shape index (κ1) is 32.7. The maximum atomic E-state index is 12.1. The van der Waals surface area contributed by atoms with Crippen molar-refractivity contribution in [2.45, 2.75) is 65.5 Å². The lowest BCUT2D eigenvalue weighted by atomic mass is 10.3. The van der Waals surface area contributed by atoms with Gasteiger partial charge in [0, 0.05) is 18.7 Å². The van der Waals surface area contributed by atoms with Crippen molar-refractivity contribution in [3.63, 3.8) is 0 Å². The van der Waals surface area contributed by atoms with Crippen molar-refractivity contribution < 1.29 is 42.8 Å². The molecule has 0 saturated heterocycles. The van der Waals surface area contributed by atoms with Gasteiger partial charge in [-0.2, -0.15) is 0 Å². The molecule has 0 aromatic carbocycles. The van der Waals surface area contributed by atoms with Gasteiger partial charge in [0.25, 0.3) is 0 Å². The van der Waals surface area contributed by atoms with Crippen LogP contribution in [0.5, 0.6) is 0 Å². The number of ether oxygens (including phenoxy) is 6. The summed E-state index contributed by atoms with van der Waals surface area (Å²) in [5.41, 5.74) is 0. The quantitative estimate of drug-likeness (QED) is 0.132. The number of hydrogen-bond donors (Lipinski definition) is 0. The molecule has 0 bridgehead atoms. The number of carbonyl (C=O) groups excluding carboxylic acids is 3. The summed E-state index contributed by atoms with van der Waals surface area (Å²) in [5, 5.41) is 0. The lowest BCUT2D eigenvalue weighted by Gasteiger charge is -2.23. The summed E-state index contributed by atoms with van der Waals surface area (Å²) in [7, 11) is 0. The van der Waals surface area contributed by atoms with E-state index in [-0.39, 0.29) is 45.1 Å². The summed E-state index contributed by atoms with van der Waals surface area (Å²) in [6, 6.07) is 0. The SMILES string of the molecule is C=CC(=O)OCC(C)OCC(COCC(C)OC(=O)C=C)OCC(C)OC(=O)CCN(CC)CC. The van der Waals surface area contributed by atoms with Gasteiger partial charge in [-0.15, -0.1) is 0 Å². The standard InChI is InChI=1S/C25H43NO9/c1-8-23(27)33-15-19(5)31-18-22(17-30-14-20(6)34-24(28)9-2)32-16-21(7)35-25(29)12-13-26(10-3)11-4/h8-9,19-22H,1-2,10-18H2,3-7H3. The third-order valence-corrected chi connectivity index (χ3v) is 4.76. The van der Waals surface area contributed by atoms with Gasteiger partial charge in [-0.1, -0.05) is 27.0 Å². The predicted molar refractivity (Wildman–Crippen MR) is 131 cm³/mol. The number of esters is 3. The van der Waals surface area contributed by atoms with Crippen molar-refractivity contribution in [2.75, 3.05) is 52.7 Å². The number of rotatable bonds is 21. The minimum Gasteiger partial charge on any atom is -0.460 e. The van der Waals surface area contributed by atoms with Crippen molar-refractivity contribution in [3.05, 3.63) is 25.3 Å². The van der Waals surface area contributed by atoms with E-state index in [1.54, 1.807) is 20.8 Å². The van der Waals surface area contributed by atoms with E-state index in [0.717, 1.165) is 25.2 Å². The molecule has 10 heteroatoms. The normalized spacial score (nSPS) is 14.5. The fourth-order valence-corrected chi connectivity index (χ4v) is 2.75. The zero-order chi connectivity index (χ0) is 26.6. The van der Waals surface area contributed by atoms with Crippen LogP contribution >= 0.6 is 0 Å². The van der Waals surface area contributed by atoms with Gasteiger partial charge >= 0.3 is 17.9 Å². The Bertz CT molecular complexity index is 636. The van der Waals surface area contributed by atoms with Crippen LogP contribution in [0, 0.1) is 0 Å². The van der Waals surface area contributed by atoms with Crippen LogP contribution < -0.4 is 0 Å². The predicted octanol–water partition coefficient (Wildman–Crippen LogP) is 2.30. The van der Waals surface area contributed by atoms with Gasteiger partial charge in [0.15, 0.2) is 0 Å². The number of hydrogen-bond acceptors (Lipinski definition) is 10. The second kappa shape index (κ2) is 20.0. The van der Waals surface area contributed by atoms with Gasteiger partial charge in [-0.05, 0) is 33.9 Å². The summed E-state index contributed by atoms with van der Waals surface area (Å²) in [4.78, 5) is 36.8. The molecule has 4 unspecified atom stereocenters. The van der Waals surface area contributed by atoms with Gasteiger partial charge in [0.1, 0.15) is 24.9 Å². The fourth-order valence-electron chi connectivity index (χ4n) is 2.75. The third kappa shape index (κ3) is 17.8. The molecule has 4 atom stereocenters. The molecule has 0 aliphatic rings. The van der Waals surface area contributed by atoms with Crippen LogP contribution in [0.2, 0.25) is 0 Å². The number of nitrogens with zero attached hydrogens (tertiary/aromatic N) is 1. The Labute approximate surface area is 209 Å². The number of carbonyl (C=O) groups is 3. The molecule has 0 saturated carbocycles. The first-order valence-electron chi connectivity index (χ1n) is 12.0. The average Bonchev–Trinajstić information content (AvgIpc) is 2.84. The molecular weight excluding hydrogens is 458 g/mol. The van der Waals surface area contributed by atoms with Crippen LogP contribution in [0.25, 0.3) is 0 Å². The van der Waals surface area contributed by atoms with Crippen molar-refractivity contribution in [1.82, 2.24) is 4.90 Å². The molecule has 0 aliphatic carbocycles. The van der Waals surface area contributed by atoms with Crippen LogP contribution in [0.1, 0.15) is 41.0 Å². The second-order valence-corrected chi connectivity index (χ2v) is 8.00. The molecule has 0 aromatic heterocycles. The second-order valence-electron chi connectivity index (χ2n) is 8.00. The topological polar surface area (TPSA) is 110 Å². The summed E-state index contributed by atoms with van der Waals surface area (Å²) in [5.74, 6) is -1.35.